The van der Waals surface area contributed by atoms with Crippen LogP contribution in [0.25, 0.3) is 22.6 Å². The van der Waals surface area contributed by atoms with Crippen molar-refractivity contribution < 1.29 is 9.84 Å². The minimum absolute atomic E-state index is 0.223. The van der Waals surface area contributed by atoms with Crippen LogP contribution in [0, 0.1) is 6.92 Å². The molecule has 0 spiro atoms. The summed E-state index contributed by atoms with van der Waals surface area (Å²) in [4.78, 5) is 12.2. The van der Waals surface area contributed by atoms with Gasteiger partial charge in [0.15, 0.2) is 5.82 Å². The number of hydrogen-bond acceptors (Lipinski definition) is 8. The van der Waals surface area contributed by atoms with E-state index >= 15 is 0 Å². The first-order chi connectivity index (χ1) is 16.0. The van der Waals surface area contributed by atoms with E-state index in [2.05, 4.69) is 33.1 Å². The summed E-state index contributed by atoms with van der Waals surface area (Å²) < 4.78 is 10.3. The van der Waals surface area contributed by atoms with E-state index in [1.54, 1.807) is 7.05 Å². The fourth-order valence-electron chi connectivity index (χ4n) is 4.29. The second-order valence-corrected chi connectivity index (χ2v) is 9.33. The van der Waals surface area contributed by atoms with Crippen molar-refractivity contribution in [1.82, 2.24) is 19.7 Å². The predicted molar refractivity (Wildman–Crippen MR) is 134 cm³/mol. The van der Waals surface area contributed by atoms with Crippen molar-refractivity contribution in [3.05, 3.63) is 41.4 Å². The first-order valence-corrected chi connectivity index (χ1v) is 12.5. The molecule has 7 nitrogen and oxygen atoms in total. The fraction of sp³-hybridized carbons (Fsp3) is 0.480. The summed E-state index contributed by atoms with van der Waals surface area (Å²) in [5, 5.41) is 15.0. The number of aliphatic hydroxyl groups excluding tert-OH is 1. The van der Waals surface area contributed by atoms with Gasteiger partial charge in [-0.3, -0.25) is 0 Å². The van der Waals surface area contributed by atoms with E-state index in [9.17, 15) is 5.11 Å². The lowest BCUT2D eigenvalue weighted by Gasteiger charge is -2.32. The highest BCUT2D eigenvalue weighted by Gasteiger charge is 2.21. The van der Waals surface area contributed by atoms with Crippen LogP contribution in [-0.4, -0.2) is 58.8 Å². The van der Waals surface area contributed by atoms with Crippen LogP contribution in [0.5, 0.6) is 5.75 Å². The van der Waals surface area contributed by atoms with Crippen molar-refractivity contribution in [2.24, 2.45) is 0 Å². The van der Waals surface area contributed by atoms with Crippen molar-refractivity contribution in [1.29, 1.82) is 0 Å². The molecule has 1 atom stereocenters. The van der Waals surface area contributed by atoms with Crippen LogP contribution >= 0.6 is 11.5 Å². The molecule has 2 aromatic heterocycles. The maximum absolute atomic E-state index is 9.96. The van der Waals surface area contributed by atoms with E-state index in [-0.39, 0.29) is 6.61 Å². The standard InChI is InChI=1S/C25H33N5O2S/c1-17-22(16-33-29-17)23-13-24(30(3)19-9-5-4-6-10-19)28-25(27-23)18-8-7-11-21(12-18)32-15-20(31)14-26-2/h7-8,11-13,16,19-20,26,31H,4-6,9-10,14-15H2,1-3H3. The highest BCUT2D eigenvalue weighted by Crippen LogP contribution is 2.32. The Kier molecular flexibility index (Phi) is 7.90. The van der Waals surface area contributed by atoms with Crippen LogP contribution in [-0.2, 0) is 0 Å². The summed E-state index contributed by atoms with van der Waals surface area (Å²) in [6.07, 6.45) is 5.69. The lowest BCUT2D eigenvalue weighted by atomic mass is 9.94. The quantitative estimate of drug-likeness (QED) is 0.485. The first-order valence-electron chi connectivity index (χ1n) is 11.6. The molecule has 1 aliphatic rings. The van der Waals surface area contributed by atoms with Gasteiger partial charge in [-0.25, -0.2) is 9.97 Å². The van der Waals surface area contributed by atoms with Crippen molar-refractivity contribution >= 4 is 17.4 Å². The molecule has 1 aromatic carbocycles. The number of benzene rings is 1. The molecule has 1 saturated carbocycles. The summed E-state index contributed by atoms with van der Waals surface area (Å²) in [5.41, 5.74) is 3.80. The van der Waals surface area contributed by atoms with Crippen LogP contribution in [0.15, 0.2) is 35.7 Å². The number of aliphatic hydroxyl groups is 1. The maximum Gasteiger partial charge on any atom is 0.162 e. The number of aromatic nitrogens is 3. The highest BCUT2D eigenvalue weighted by molar-refractivity contribution is 7.04. The van der Waals surface area contributed by atoms with Crippen molar-refractivity contribution in [2.75, 3.05) is 32.1 Å². The second-order valence-electron chi connectivity index (χ2n) is 8.70. The highest BCUT2D eigenvalue weighted by atomic mass is 32.1. The molecule has 1 aliphatic carbocycles. The lowest BCUT2D eigenvalue weighted by Crippen LogP contribution is -2.34. The number of nitrogens with zero attached hydrogens (tertiary/aromatic N) is 4. The average molecular weight is 468 g/mol. The van der Waals surface area contributed by atoms with Crippen LogP contribution < -0.4 is 15.0 Å². The van der Waals surface area contributed by atoms with E-state index in [0.717, 1.165) is 28.3 Å². The van der Waals surface area contributed by atoms with E-state index in [1.807, 2.05) is 31.2 Å². The molecule has 0 radical (unpaired) electrons. The van der Waals surface area contributed by atoms with Crippen molar-refractivity contribution in [2.45, 2.75) is 51.2 Å². The molecule has 33 heavy (non-hydrogen) atoms. The van der Waals surface area contributed by atoms with Gasteiger partial charge < -0.3 is 20.1 Å². The first kappa shape index (κ1) is 23.6. The molecule has 176 valence electrons. The Morgan fingerprint density at radius 2 is 2.03 bits per heavy atom. The Morgan fingerprint density at radius 1 is 1.21 bits per heavy atom. The Labute approximate surface area is 200 Å². The third-order valence-corrected chi connectivity index (χ3v) is 6.92. The number of anilines is 1. The summed E-state index contributed by atoms with van der Waals surface area (Å²) in [6, 6.07) is 10.4. The number of likely N-dealkylation sites (N-methyl/N-ethyl adjacent to an activating group) is 1. The Hall–Kier alpha value is -2.55. The van der Waals surface area contributed by atoms with Gasteiger partial charge in [0, 0.05) is 42.2 Å². The summed E-state index contributed by atoms with van der Waals surface area (Å²) in [5.74, 6) is 2.28. The Balaban J connectivity index is 1.67. The molecule has 2 heterocycles. The third-order valence-electron chi connectivity index (χ3n) is 6.20. The van der Waals surface area contributed by atoms with E-state index in [4.69, 9.17) is 14.7 Å². The van der Waals surface area contributed by atoms with Crippen LogP contribution in [0.4, 0.5) is 5.82 Å². The summed E-state index contributed by atoms with van der Waals surface area (Å²) in [7, 11) is 3.95. The van der Waals surface area contributed by atoms with Gasteiger partial charge in [0.1, 0.15) is 24.3 Å². The summed E-state index contributed by atoms with van der Waals surface area (Å²) in [6.45, 7) is 2.72. The van der Waals surface area contributed by atoms with Crippen LogP contribution in [0.2, 0.25) is 0 Å². The largest absolute Gasteiger partial charge is 0.491 e. The molecule has 3 aromatic rings. The number of aryl methyl sites for hydroxylation is 1. The van der Waals surface area contributed by atoms with Gasteiger partial charge in [-0.05, 0) is 50.5 Å². The normalized spacial score (nSPS) is 15.4. The van der Waals surface area contributed by atoms with E-state index < -0.39 is 6.10 Å². The molecule has 0 amide bonds. The van der Waals surface area contributed by atoms with E-state index in [0.29, 0.717) is 24.2 Å². The predicted octanol–water partition coefficient (Wildman–Crippen LogP) is 4.30. The molecule has 4 rings (SSSR count). The fourth-order valence-corrected chi connectivity index (χ4v) is 4.99. The molecular weight excluding hydrogens is 434 g/mol. The minimum Gasteiger partial charge on any atom is -0.491 e. The molecule has 8 heteroatoms. The number of hydrogen-bond donors (Lipinski definition) is 2. The molecule has 0 aliphatic heterocycles. The smallest absolute Gasteiger partial charge is 0.162 e. The zero-order chi connectivity index (χ0) is 23.2. The Bertz CT molecular complexity index is 1050. The molecule has 0 saturated heterocycles. The maximum atomic E-state index is 9.96. The molecule has 2 N–H and O–H groups in total. The van der Waals surface area contributed by atoms with Gasteiger partial charge in [0.25, 0.3) is 0 Å². The zero-order valence-electron chi connectivity index (χ0n) is 19.6. The van der Waals surface area contributed by atoms with Gasteiger partial charge in [0.2, 0.25) is 0 Å². The minimum atomic E-state index is -0.567. The van der Waals surface area contributed by atoms with Crippen molar-refractivity contribution in [3.8, 4) is 28.4 Å². The zero-order valence-corrected chi connectivity index (χ0v) is 20.4. The molecule has 0 bridgehead atoms. The average Bonchev–Trinajstić information content (AvgIpc) is 3.29. The van der Waals surface area contributed by atoms with Gasteiger partial charge in [0.05, 0.1) is 11.4 Å². The number of ether oxygens (including phenoxy) is 1. The lowest BCUT2D eigenvalue weighted by molar-refractivity contribution is 0.108. The summed E-state index contributed by atoms with van der Waals surface area (Å²) >= 11 is 1.45. The molecular formula is C25H33N5O2S. The van der Waals surface area contributed by atoms with Crippen molar-refractivity contribution in [3.63, 3.8) is 0 Å². The second kappa shape index (κ2) is 11.0. The van der Waals surface area contributed by atoms with Gasteiger partial charge >= 0.3 is 0 Å². The number of rotatable bonds is 9. The SMILES string of the molecule is CNCC(O)COc1cccc(-c2nc(-c3csnc3C)cc(N(C)C3CCCCC3)n2)c1. The molecule has 1 fully saturated rings. The van der Waals surface area contributed by atoms with Gasteiger partial charge in [-0.2, -0.15) is 4.37 Å². The van der Waals surface area contributed by atoms with Gasteiger partial charge in [-0.1, -0.05) is 31.4 Å². The topological polar surface area (TPSA) is 83.4 Å². The Morgan fingerprint density at radius 3 is 2.76 bits per heavy atom. The number of nitrogens with one attached hydrogen (secondary N) is 1. The third kappa shape index (κ3) is 5.88. The van der Waals surface area contributed by atoms with Crippen LogP contribution in [0.3, 0.4) is 0 Å². The molecule has 1 unspecified atom stereocenters. The monoisotopic (exact) mass is 467 g/mol. The van der Waals surface area contributed by atoms with Gasteiger partial charge in [-0.15, -0.1) is 0 Å². The van der Waals surface area contributed by atoms with Crippen LogP contribution in [0.1, 0.15) is 37.8 Å². The van der Waals surface area contributed by atoms with E-state index in [1.165, 1.54) is 43.6 Å².